The number of rotatable bonds is 9. The Balaban J connectivity index is 4.17. The molecule has 0 bridgehead atoms. The van der Waals surface area contributed by atoms with Gasteiger partial charge in [0.1, 0.15) is 0 Å². The zero-order valence-corrected chi connectivity index (χ0v) is 11.2. The van der Waals surface area contributed by atoms with Crippen LogP contribution in [0.25, 0.3) is 0 Å². The molecular formula is C10H18O9. The fourth-order valence-corrected chi connectivity index (χ4v) is 0.955. The van der Waals surface area contributed by atoms with Gasteiger partial charge in [-0.05, 0) is 0 Å². The van der Waals surface area contributed by atoms with Crippen LogP contribution in [0.3, 0.4) is 0 Å². The summed E-state index contributed by atoms with van der Waals surface area (Å²) >= 11 is 0. The number of aliphatic hydroxyl groups is 1. The van der Waals surface area contributed by atoms with E-state index in [1.54, 1.807) is 0 Å². The van der Waals surface area contributed by atoms with Crippen LogP contribution in [0.1, 0.15) is 6.42 Å². The Kier molecular flexibility index (Phi) is 9.00. The van der Waals surface area contributed by atoms with Gasteiger partial charge < -0.3 is 33.5 Å². The standard InChI is InChI=1S/C10H18O9/c1-14-9(15-2)18-7(12)5-6(11)8(13)19-10(16-3)17-4/h6,9-11H,5H2,1-4H3. The van der Waals surface area contributed by atoms with Crippen LogP contribution in [0, 0.1) is 0 Å². The Labute approximate surface area is 110 Å². The fourth-order valence-electron chi connectivity index (χ4n) is 0.955. The first-order chi connectivity index (χ1) is 8.98. The van der Waals surface area contributed by atoms with Crippen molar-refractivity contribution in [2.75, 3.05) is 28.4 Å². The van der Waals surface area contributed by atoms with Gasteiger partial charge in [0.05, 0.1) is 6.42 Å². The Morgan fingerprint density at radius 3 is 1.74 bits per heavy atom. The van der Waals surface area contributed by atoms with Crippen molar-refractivity contribution in [2.45, 2.75) is 25.5 Å². The molecule has 1 N–H and O–H groups in total. The molecule has 0 amide bonds. The monoisotopic (exact) mass is 282 g/mol. The molecule has 0 fully saturated rings. The molecule has 0 rings (SSSR count). The van der Waals surface area contributed by atoms with Crippen LogP contribution in [0.5, 0.6) is 0 Å². The maximum absolute atomic E-state index is 11.3. The third-order valence-electron chi connectivity index (χ3n) is 1.84. The molecule has 1 atom stereocenters. The van der Waals surface area contributed by atoms with Gasteiger partial charge in [0.25, 0.3) is 0 Å². The molecule has 0 heterocycles. The summed E-state index contributed by atoms with van der Waals surface area (Å²) in [4.78, 5) is 22.6. The molecule has 0 radical (unpaired) electrons. The lowest BCUT2D eigenvalue weighted by molar-refractivity contribution is -0.263. The minimum atomic E-state index is -1.71. The molecule has 0 aromatic heterocycles. The number of methoxy groups -OCH3 is 4. The predicted octanol–water partition coefficient (Wildman–Crippen LogP) is -1.02. The van der Waals surface area contributed by atoms with E-state index in [2.05, 4.69) is 28.4 Å². The van der Waals surface area contributed by atoms with Gasteiger partial charge in [-0.15, -0.1) is 0 Å². The molecule has 0 aliphatic carbocycles. The fraction of sp³-hybridized carbons (Fsp3) is 0.800. The second kappa shape index (κ2) is 9.64. The highest BCUT2D eigenvalue weighted by Crippen LogP contribution is 2.04. The van der Waals surface area contributed by atoms with Crippen LogP contribution in [-0.2, 0) is 38.0 Å². The molecule has 0 saturated carbocycles. The minimum absolute atomic E-state index is 0.623. The summed E-state index contributed by atoms with van der Waals surface area (Å²) in [7, 11) is 5.00. The maximum Gasteiger partial charge on any atom is 0.339 e. The van der Waals surface area contributed by atoms with Crippen LogP contribution in [-0.4, -0.2) is 64.5 Å². The SMILES string of the molecule is COC(OC)OC(=O)CC(O)C(=O)OC(OC)OC. The van der Waals surface area contributed by atoms with Crippen LogP contribution >= 0.6 is 0 Å². The highest BCUT2D eigenvalue weighted by Gasteiger charge is 2.25. The van der Waals surface area contributed by atoms with Gasteiger partial charge in [0, 0.05) is 28.4 Å². The van der Waals surface area contributed by atoms with Gasteiger partial charge in [-0.25, -0.2) is 4.79 Å². The average molecular weight is 282 g/mol. The maximum atomic E-state index is 11.3. The summed E-state index contributed by atoms with van der Waals surface area (Å²) in [5.41, 5.74) is 0. The smallest absolute Gasteiger partial charge is 0.339 e. The summed E-state index contributed by atoms with van der Waals surface area (Å²) in [6, 6.07) is 0. The molecule has 0 spiro atoms. The van der Waals surface area contributed by atoms with Gasteiger partial charge in [-0.2, -0.15) is 0 Å². The Morgan fingerprint density at radius 2 is 1.32 bits per heavy atom. The highest BCUT2D eigenvalue weighted by molar-refractivity contribution is 5.81. The molecule has 0 aliphatic heterocycles. The van der Waals surface area contributed by atoms with Crippen LogP contribution < -0.4 is 0 Å². The zero-order valence-electron chi connectivity index (χ0n) is 11.2. The van der Waals surface area contributed by atoms with Crippen molar-refractivity contribution in [1.82, 2.24) is 0 Å². The Bertz CT molecular complexity index is 272. The van der Waals surface area contributed by atoms with Gasteiger partial charge in [-0.3, -0.25) is 4.79 Å². The number of carbonyl (C=O) groups excluding carboxylic acids is 2. The van der Waals surface area contributed by atoms with Crippen molar-refractivity contribution in [1.29, 1.82) is 0 Å². The van der Waals surface area contributed by atoms with E-state index in [0.717, 1.165) is 0 Å². The van der Waals surface area contributed by atoms with Crippen molar-refractivity contribution in [2.24, 2.45) is 0 Å². The average Bonchev–Trinajstić information content (AvgIpc) is 2.41. The molecule has 0 saturated heterocycles. The largest absolute Gasteiger partial charge is 0.410 e. The van der Waals surface area contributed by atoms with Gasteiger partial charge in [0.2, 0.25) is 0 Å². The molecule has 9 heteroatoms. The predicted molar refractivity (Wildman–Crippen MR) is 58.4 cm³/mol. The quantitative estimate of drug-likeness (QED) is 0.419. The van der Waals surface area contributed by atoms with E-state index in [9.17, 15) is 14.7 Å². The lowest BCUT2D eigenvalue weighted by Crippen LogP contribution is -2.33. The lowest BCUT2D eigenvalue weighted by Gasteiger charge is -2.17. The molecule has 9 nitrogen and oxygen atoms in total. The van der Waals surface area contributed by atoms with E-state index in [4.69, 9.17) is 0 Å². The molecular weight excluding hydrogens is 264 g/mol. The van der Waals surface area contributed by atoms with Crippen molar-refractivity contribution >= 4 is 11.9 Å². The number of hydrogen-bond acceptors (Lipinski definition) is 9. The Hall–Kier alpha value is -1.26. The zero-order chi connectivity index (χ0) is 14.8. The number of esters is 2. The first-order valence-corrected chi connectivity index (χ1v) is 5.17. The molecule has 1 unspecified atom stereocenters. The molecule has 0 aromatic carbocycles. The lowest BCUT2D eigenvalue weighted by atomic mass is 10.2. The molecule has 0 aliphatic rings. The molecule has 0 aromatic rings. The van der Waals surface area contributed by atoms with Crippen LogP contribution in [0.4, 0.5) is 0 Å². The summed E-state index contributed by atoms with van der Waals surface area (Å²) in [5, 5.41) is 9.42. The Morgan fingerprint density at radius 1 is 0.895 bits per heavy atom. The number of carbonyl (C=O) groups is 2. The van der Waals surface area contributed by atoms with Gasteiger partial charge >= 0.3 is 24.9 Å². The van der Waals surface area contributed by atoms with Crippen molar-refractivity contribution in [3.8, 4) is 0 Å². The second-order valence-corrected chi connectivity index (χ2v) is 3.17. The second-order valence-electron chi connectivity index (χ2n) is 3.17. The summed E-state index contributed by atoms with van der Waals surface area (Å²) in [6.45, 7) is -2.47. The van der Waals surface area contributed by atoms with Crippen molar-refractivity contribution < 1.29 is 43.1 Å². The summed E-state index contributed by atoms with van der Waals surface area (Å²) in [6.07, 6.45) is -2.34. The van der Waals surface area contributed by atoms with Crippen molar-refractivity contribution in [3.05, 3.63) is 0 Å². The third-order valence-corrected chi connectivity index (χ3v) is 1.84. The first-order valence-electron chi connectivity index (χ1n) is 5.17. The third kappa shape index (κ3) is 7.03. The van der Waals surface area contributed by atoms with E-state index in [-0.39, 0.29) is 0 Å². The van der Waals surface area contributed by atoms with Gasteiger partial charge in [-0.1, -0.05) is 0 Å². The van der Waals surface area contributed by atoms with Crippen LogP contribution in [0.15, 0.2) is 0 Å². The van der Waals surface area contributed by atoms with E-state index in [1.807, 2.05) is 0 Å². The summed E-state index contributed by atoms with van der Waals surface area (Å²) in [5.74, 6) is -1.98. The van der Waals surface area contributed by atoms with E-state index in [0.29, 0.717) is 0 Å². The number of hydrogen-bond donors (Lipinski definition) is 1. The topological polar surface area (TPSA) is 110 Å². The number of aliphatic hydroxyl groups excluding tert-OH is 1. The van der Waals surface area contributed by atoms with E-state index in [1.165, 1.54) is 28.4 Å². The van der Waals surface area contributed by atoms with Gasteiger partial charge in [0.15, 0.2) is 6.10 Å². The van der Waals surface area contributed by atoms with E-state index < -0.39 is 37.4 Å². The minimum Gasteiger partial charge on any atom is -0.410 e. The van der Waals surface area contributed by atoms with Crippen LogP contribution in [0.2, 0.25) is 0 Å². The summed E-state index contributed by atoms with van der Waals surface area (Å²) < 4.78 is 27.6. The number of ether oxygens (including phenoxy) is 6. The highest BCUT2D eigenvalue weighted by atomic mass is 16.9. The molecule has 112 valence electrons. The van der Waals surface area contributed by atoms with E-state index >= 15 is 0 Å². The molecule has 19 heavy (non-hydrogen) atoms. The van der Waals surface area contributed by atoms with Crippen molar-refractivity contribution in [3.63, 3.8) is 0 Å². The normalized spacial score (nSPS) is 12.6. The first kappa shape index (κ1) is 17.7.